The third-order valence-electron chi connectivity index (χ3n) is 2.57. The second kappa shape index (κ2) is 4.99. The lowest BCUT2D eigenvalue weighted by atomic mass is 10.4. The van der Waals surface area contributed by atoms with Crippen LogP contribution < -0.4 is 5.73 Å². The zero-order valence-electron chi connectivity index (χ0n) is 9.29. The maximum Gasteiger partial charge on any atom is 0.214 e. The van der Waals surface area contributed by atoms with Gasteiger partial charge in [0.2, 0.25) is 10.0 Å². The average Bonchev–Trinajstić information content (AvgIpc) is 2.12. The van der Waals surface area contributed by atoms with Crippen molar-refractivity contribution in [1.82, 2.24) is 4.31 Å². The summed E-state index contributed by atoms with van der Waals surface area (Å²) in [4.78, 5) is 0. The summed E-state index contributed by atoms with van der Waals surface area (Å²) in [5, 5.41) is 0. The van der Waals surface area contributed by atoms with Gasteiger partial charge in [0.25, 0.3) is 0 Å². The molecule has 0 aromatic carbocycles. The molecule has 1 aliphatic heterocycles. The molecule has 0 amide bonds. The number of nitrogens with zero attached hydrogens (tertiary/aromatic N) is 1. The van der Waals surface area contributed by atoms with Gasteiger partial charge < -0.3 is 5.73 Å². The first-order chi connectivity index (χ1) is 7.28. The highest BCUT2D eigenvalue weighted by atomic mass is 32.2. The monoisotopic (exact) mass is 270 g/mol. The first-order valence-corrected chi connectivity index (χ1v) is 8.61. The van der Waals surface area contributed by atoms with Gasteiger partial charge in [-0.15, -0.1) is 0 Å². The van der Waals surface area contributed by atoms with Crippen LogP contribution in [0.2, 0.25) is 0 Å². The van der Waals surface area contributed by atoms with Crippen LogP contribution in [-0.2, 0) is 19.9 Å². The molecule has 0 spiro atoms. The molecule has 1 aliphatic rings. The SMILES string of the molecule is CC1CS(=O)(=O)CCN1S(=O)(=O)CCCN. The van der Waals surface area contributed by atoms with Gasteiger partial charge in [0.1, 0.15) is 0 Å². The summed E-state index contributed by atoms with van der Waals surface area (Å²) in [6.45, 7) is 2.01. The van der Waals surface area contributed by atoms with Gasteiger partial charge in [0.05, 0.1) is 17.3 Å². The molecule has 1 rings (SSSR count). The zero-order chi connectivity index (χ0) is 12.4. The summed E-state index contributed by atoms with van der Waals surface area (Å²) in [5.74, 6) is -0.179. The van der Waals surface area contributed by atoms with Crippen molar-refractivity contribution in [3.63, 3.8) is 0 Å². The van der Waals surface area contributed by atoms with Crippen LogP contribution in [0.25, 0.3) is 0 Å². The van der Waals surface area contributed by atoms with E-state index in [-0.39, 0.29) is 23.8 Å². The molecule has 0 saturated carbocycles. The van der Waals surface area contributed by atoms with Crippen molar-refractivity contribution in [3.8, 4) is 0 Å². The fraction of sp³-hybridized carbons (Fsp3) is 1.00. The Morgan fingerprint density at radius 3 is 2.56 bits per heavy atom. The van der Waals surface area contributed by atoms with E-state index in [9.17, 15) is 16.8 Å². The van der Waals surface area contributed by atoms with Crippen molar-refractivity contribution in [1.29, 1.82) is 0 Å². The van der Waals surface area contributed by atoms with Gasteiger partial charge in [-0.2, -0.15) is 4.31 Å². The van der Waals surface area contributed by atoms with E-state index in [1.807, 2.05) is 0 Å². The van der Waals surface area contributed by atoms with Gasteiger partial charge >= 0.3 is 0 Å². The summed E-state index contributed by atoms with van der Waals surface area (Å²) in [6, 6.07) is -0.471. The summed E-state index contributed by atoms with van der Waals surface area (Å²) in [6.07, 6.45) is 0.401. The minimum atomic E-state index is -3.36. The Bertz CT molecular complexity index is 429. The normalized spacial score (nSPS) is 26.8. The molecule has 1 fully saturated rings. The highest BCUT2D eigenvalue weighted by molar-refractivity contribution is 7.92. The molecule has 8 heteroatoms. The molecule has 0 aromatic heterocycles. The molecular formula is C8H18N2O4S2. The molecule has 2 N–H and O–H groups in total. The van der Waals surface area contributed by atoms with Crippen LogP contribution in [0.15, 0.2) is 0 Å². The van der Waals surface area contributed by atoms with Crippen LogP contribution in [0.3, 0.4) is 0 Å². The lowest BCUT2D eigenvalue weighted by molar-refractivity contribution is 0.356. The number of hydrogen-bond donors (Lipinski definition) is 1. The molecule has 0 aliphatic carbocycles. The van der Waals surface area contributed by atoms with Gasteiger partial charge in [-0.25, -0.2) is 16.8 Å². The highest BCUT2D eigenvalue weighted by Gasteiger charge is 2.34. The molecule has 1 heterocycles. The number of hydrogen-bond acceptors (Lipinski definition) is 5. The van der Waals surface area contributed by atoms with Crippen molar-refractivity contribution in [2.24, 2.45) is 5.73 Å². The molecule has 1 saturated heterocycles. The lowest BCUT2D eigenvalue weighted by Crippen LogP contribution is -2.50. The van der Waals surface area contributed by atoms with E-state index in [1.54, 1.807) is 6.92 Å². The maximum atomic E-state index is 11.8. The number of sulfonamides is 1. The van der Waals surface area contributed by atoms with Gasteiger partial charge in [-0.1, -0.05) is 0 Å². The molecule has 0 radical (unpaired) electrons. The summed E-state index contributed by atoms with van der Waals surface area (Å²) in [5.41, 5.74) is 5.26. The standard InChI is InChI=1S/C8H18N2O4S2/c1-8-7-15(11,12)6-4-10(8)16(13,14)5-2-3-9/h8H,2-7,9H2,1H3. The van der Waals surface area contributed by atoms with Gasteiger partial charge in [0.15, 0.2) is 9.84 Å². The Morgan fingerprint density at radius 1 is 1.44 bits per heavy atom. The predicted octanol–water partition coefficient (Wildman–Crippen LogP) is -1.22. The molecule has 6 nitrogen and oxygen atoms in total. The quantitative estimate of drug-likeness (QED) is 0.691. The Morgan fingerprint density at radius 2 is 2.06 bits per heavy atom. The Kier molecular flexibility index (Phi) is 4.33. The first kappa shape index (κ1) is 13.9. The molecule has 0 bridgehead atoms. The topological polar surface area (TPSA) is 97.5 Å². The predicted molar refractivity (Wildman–Crippen MR) is 62.3 cm³/mol. The van der Waals surface area contributed by atoms with E-state index in [0.29, 0.717) is 13.0 Å². The zero-order valence-corrected chi connectivity index (χ0v) is 10.9. The molecule has 1 unspecified atom stereocenters. The van der Waals surface area contributed by atoms with Crippen LogP contribution in [0.1, 0.15) is 13.3 Å². The largest absolute Gasteiger partial charge is 0.330 e. The minimum Gasteiger partial charge on any atom is -0.330 e. The van der Waals surface area contributed by atoms with Crippen molar-refractivity contribution >= 4 is 19.9 Å². The molecule has 0 aromatic rings. The summed E-state index contributed by atoms with van der Waals surface area (Å²) >= 11 is 0. The van der Waals surface area contributed by atoms with E-state index >= 15 is 0 Å². The maximum absolute atomic E-state index is 11.8. The van der Waals surface area contributed by atoms with Crippen LogP contribution in [0, 0.1) is 0 Å². The lowest BCUT2D eigenvalue weighted by Gasteiger charge is -2.32. The van der Waals surface area contributed by atoms with E-state index in [1.165, 1.54) is 4.31 Å². The fourth-order valence-electron chi connectivity index (χ4n) is 1.78. The van der Waals surface area contributed by atoms with Crippen LogP contribution >= 0.6 is 0 Å². The second-order valence-electron chi connectivity index (χ2n) is 4.03. The Hall–Kier alpha value is -0.180. The second-order valence-corrected chi connectivity index (χ2v) is 8.30. The fourth-order valence-corrected chi connectivity index (χ4v) is 5.30. The van der Waals surface area contributed by atoms with Crippen LogP contribution in [0.4, 0.5) is 0 Å². The highest BCUT2D eigenvalue weighted by Crippen LogP contribution is 2.16. The third kappa shape index (κ3) is 3.41. The van der Waals surface area contributed by atoms with Crippen LogP contribution in [0.5, 0.6) is 0 Å². The van der Waals surface area contributed by atoms with E-state index < -0.39 is 25.9 Å². The van der Waals surface area contributed by atoms with Crippen molar-refractivity contribution < 1.29 is 16.8 Å². The molecule has 1 atom stereocenters. The van der Waals surface area contributed by atoms with Gasteiger partial charge in [-0.3, -0.25) is 0 Å². The molecular weight excluding hydrogens is 252 g/mol. The van der Waals surface area contributed by atoms with Crippen molar-refractivity contribution in [2.45, 2.75) is 19.4 Å². The molecule has 96 valence electrons. The van der Waals surface area contributed by atoms with Gasteiger partial charge in [-0.05, 0) is 19.9 Å². The number of rotatable bonds is 4. The van der Waals surface area contributed by atoms with E-state index in [2.05, 4.69) is 0 Å². The Balaban J connectivity index is 2.75. The van der Waals surface area contributed by atoms with E-state index in [0.717, 1.165) is 0 Å². The average molecular weight is 270 g/mol. The van der Waals surface area contributed by atoms with E-state index in [4.69, 9.17) is 5.73 Å². The summed E-state index contributed by atoms with van der Waals surface area (Å²) in [7, 11) is -6.43. The Labute approximate surface area is 96.8 Å². The number of nitrogens with two attached hydrogens (primary N) is 1. The first-order valence-electron chi connectivity index (χ1n) is 5.18. The number of sulfone groups is 1. The summed E-state index contributed by atoms with van der Waals surface area (Å²) < 4.78 is 47.6. The van der Waals surface area contributed by atoms with Gasteiger partial charge in [0, 0.05) is 12.6 Å². The smallest absolute Gasteiger partial charge is 0.214 e. The van der Waals surface area contributed by atoms with Crippen molar-refractivity contribution in [2.75, 3.05) is 30.3 Å². The molecule has 16 heavy (non-hydrogen) atoms. The third-order valence-corrected chi connectivity index (χ3v) is 6.43. The van der Waals surface area contributed by atoms with Crippen LogP contribution in [-0.4, -0.2) is 57.5 Å². The van der Waals surface area contributed by atoms with Crippen molar-refractivity contribution in [3.05, 3.63) is 0 Å². The minimum absolute atomic E-state index is 0.00606.